The van der Waals surface area contributed by atoms with E-state index in [4.69, 9.17) is 11.2 Å². The number of carbonyl (C=O) groups excluding carboxylic acids is 1. The van der Waals surface area contributed by atoms with Crippen molar-refractivity contribution in [2.45, 2.75) is 39.8 Å². The molecule has 1 heterocycles. The van der Waals surface area contributed by atoms with Crippen molar-refractivity contribution < 1.29 is 9.53 Å². The summed E-state index contributed by atoms with van der Waals surface area (Å²) in [6.45, 7) is 11.7. The van der Waals surface area contributed by atoms with E-state index in [0.29, 0.717) is 13.1 Å². The van der Waals surface area contributed by atoms with Crippen molar-refractivity contribution in [3.8, 4) is 12.3 Å². The number of rotatable bonds is 2. The topological polar surface area (TPSA) is 32.8 Å². The summed E-state index contributed by atoms with van der Waals surface area (Å²) in [4.78, 5) is 16.3. The van der Waals surface area contributed by atoms with Gasteiger partial charge in [0.15, 0.2) is 0 Å². The Labute approximate surface area is 158 Å². The molecule has 1 saturated heterocycles. The Bertz CT molecular complexity index is 651. The van der Waals surface area contributed by atoms with Crippen LogP contribution in [0.2, 0.25) is 0 Å². The normalized spacial score (nSPS) is 15.9. The number of carbonyl (C=O) groups is 1. The number of amides is 1. The largest absolute Gasteiger partial charge is 0.444 e. The minimum Gasteiger partial charge on any atom is -0.444 e. The molecule has 1 aromatic carbocycles. The van der Waals surface area contributed by atoms with Crippen LogP contribution in [0, 0.1) is 22.8 Å². The predicted octanol–water partition coefficient (Wildman–Crippen LogP) is 3.63. The highest BCUT2D eigenvalue weighted by Crippen LogP contribution is 2.20. The summed E-state index contributed by atoms with van der Waals surface area (Å²) in [5.74, 6) is 2.76. The minimum absolute atomic E-state index is 0.220. The molecule has 0 saturated carbocycles. The number of terminal acetylenes is 1. The average Bonchev–Trinajstić information content (AvgIpc) is 2.49. The fraction of sp³-hybridized carbons (Fsp3) is 0.526. The van der Waals surface area contributed by atoms with E-state index in [1.807, 2.05) is 26.8 Å². The van der Waals surface area contributed by atoms with Crippen LogP contribution in [-0.4, -0.2) is 47.7 Å². The number of nitrogens with zero attached hydrogens (tertiary/aromatic N) is 2. The van der Waals surface area contributed by atoms with E-state index < -0.39 is 5.60 Å². The maximum Gasteiger partial charge on any atom is 0.410 e. The number of hydrogen-bond donors (Lipinski definition) is 0. The van der Waals surface area contributed by atoms with Crippen molar-refractivity contribution in [2.24, 2.45) is 0 Å². The zero-order valence-corrected chi connectivity index (χ0v) is 17.0. The summed E-state index contributed by atoms with van der Waals surface area (Å²) in [6, 6.07) is 4.23. The maximum atomic E-state index is 12.1. The first-order chi connectivity index (χ1) is 11.2. The molecule has 5 heteroatoms. The second-order valence-electron chi connectivity index (χ2n) is 7.13. The van der Waals surface area contributed by atoms with Gasteiger partial charge in [-0.1, -0.05) is 5.92 Å². The van der Waals surface area contributed by atoms with Gasteiger partial charge in [0.25, 0.3) is 0 Å². The van der Waals surface area contributed by atoms with Crippen molar-refractivity contribution in [3.05, 3.63) is 32.4 Å². The molecule has 1 amide bonds. The Morgan fingerprint density at radius 3 is 2.46 bits per heavy atom. The summed E-state index contributed by atoms with van der Waals surface area (Å²) in [5, 5.41) is 0. The molecule has 0 N–H and O–H groups in total. The lowest BCUT2D eigenvalue weighted by Gasteiger charge is -2.35. The van der Waals surface area contributed by atoms with Gasteiger partial charge in [-0.2, -0.15) is 0 Å². The molecular weight excluding hydrogens is 415 g/mol. The smallest absolute Gasteiger partial charge is 0.410 e. The molecule has 1 aromatic rings. The lowest BCUT2D eigenvalue weighted by Crippen LogP contribution is -2.49. The molecule has 130 valence electrons. The van der Waals surface area contributed by atoms with Gasteiger partial charge >= 0.3 is 6.09 Å². The molecule has 1 aliphatic heterocycles. The molecule has 4 nitrogen and oxygen atoms in total. The molecule has 0 atom stereocenters. The van der Waals surface area contributed by atoms with Crippen LogP contribution >= 0.6 is 22.6 Å². The standard InChI is InChI=1S/C19H25IN2O2/c1-6-15-11-17(20)12-16(14(15)2)13-21-7-9-22(10-8-21)18(23)24-19(3,4)5/h1,11-12H,7-10,13H2,2-5H3. The number of ether oxygens (including phenoxy) is 1. The Morgan fingerprint density at radius 1 is 1.29 bits per heavy atom. The molecule has 24 heavy (non-hydrogen) atoms. The fourth-order valence-electron chi connectivity index (χ4n) is 2.71. The van der Waals surface area contributed by atoms with Gasteiger partial charge in [0.2, 0.25) is 0 Å². The number of hydrogen-bond acceptors (Lipinski definition) is 3. The van der Waals surface area contributed by atoms with Crippen molar-refractivity contribution in [2.75, 3.05) is 26.2 Å². The van der Waals surface area contributed by atoms with Crippen LogP contribution in [0.4, 0.5) is 4.79 Å². The summed E-state index contributed by atoms with van der Waals surface area (Å²) < 4.78 is 6.60. The van der Waals surface area contributed by atoms with Gasteiger partial charge < -0.3 is 9.64 Å². The molecule has 0 unspecified atom stereocenters. The highest BCUT2D eigenvalue weighted by atomic mass is 127. The minimum atomic E-state index is -0.447. The average molecular weight is 440 g/mol. The Morgan fingerprint density at radius 2 is 1.92 bits per heavy atom. The van der Waals surface area contributed by atoms with Crippen molar-refractivity contribution in [1.82, 2.24) is 9.80 Å². The van der Waals surface area contributed by atoms with Crippen LogP contribution in [0.1, 0.15) is 37.5 Å². The lowest BCUT2D eigenvalue weighted by molar-refractivity contribution is 0.0139. The van der Waals surface area contributed by atoms with Crippen LogP contribution in [0.15, 0.2) is 12.1 Å². The Balaban J connectivity index is 1.96. The van der Waals surface area contributed by atoms with Crippen molar-refractivity contribution in [1.29, 1.82) is 0 Å². The SMILES string of the molecule is C#Cc1cc(I)cc(CN2CCN(C(=O)OC(C)(C)C)CC2)c1C. The van der Waals surface area contributed by atoms with Crippen LogP contribution in [0.3, 0.4) is 0 Å². The summed E-state index contributed by atoms with van der Waals surface area (Å²) in [7, 11) is 0. The number of halogens is 1. The molecule has 1 fully saturated rings. The van der Waals surface area contributed by atoms with Gasteiger partial charge in [-0.15, -0.1) is 6.42 Å². The summed E-state index contributed by atoms with van der Waals surface area (Å²) in [5.41, 5.74) is 2.95. The summed E-state index contributed by atoms with van der Waals surface area (Å²) >= 11 is 2.31. The third-order valence-electron chi connectivity index (χ3n) is 4.05. The van der Waals surface area contributed by atoms with Crippen LogP contribution < -0.4 is 0 Å². The van der Waals surface area contributed by atoms with E-state index in [1.165, 1.54) is 11.1 Å². The third-order valence-corrected chi connectivity index (χ3v) is 4.68. The van der Waals surface area contributed by atoms with E-state index in [9.17, 15) is 4.79 Å². The zero-order chi connectivity index (χ0) is 17.9. The van der Waals surface area contributed by atoms with Gasteiger partial charge in [-0.05, 0) is 73.5 Å². The quantitative estimate of drug-likeness (QED) is 0.520. The van der Waals surface area contributed by atoms with E-state index >= 15 is 0 Å². The highest BCUT2D eigenvalue weighted by Gasteiger charge is 2.26. The van der Waals surface area contributed by atoms with Crippen LogP contribution in [-0.2, 0) is 11.3 Å². The van der Waals surface area contributed by atoms with E-state index in [2.05, 4.69) is 46.4 Å². The molecule has 0 aliphatic carbocycles. The second-order valence-corrected chi connectivity index (χ2v) is 8.37. The van der Waals surface area contributed by atoms with Gasteiger partial charge in [-0.3, -0.25) is 4.90 Å². The first kappa shape index (κ1) is 19.1. The fourth-order valence-corrected chi connectivity index (χ4v) is 3.39. The predicted molar refractivity (Wildman–Crippen MR) is 105 cm³/mol. The monoisotopic (exact) mass is 440 g/mol. The first-order valence-electron chi connectivity index (χ1n) is 8.15. The molecule has 0 aromatic heterocycles. The van der Waals surface area contributed by atoms with E-state index in [-0.39, 0.29) is 6.09 Å². The molecule has 2 rings (SSSR count). The zero-order valence-electron chi connectivity index (χ0n) is 14.9. The van der Waals surface area contributed by atoms with Gasteiger partial charge in [-0.25, -0.2) is 4.79 Å². The molecule has 0 spiro atoms. The number of benzene rings is 1. The second kappa shape index (κ2) is 7.75. The third kappa shape index (κ3) is 5.12. The van der Waals surface area contributed by atoms with Crippen molar-refractivity contribution in [3.63, 3.8) is 0 Å². The van der Waals surface area contributed by atoms with E-state index in [0.717, 1.165) is 28.8 Å². The number of piperazine rings is 1. The first-order valence-corrected chi connectivity index (χ1v) is 9.23. The molecular formula is C19H25IN2O2. The highest BCUT2D eigenvalue weighted by molar-refractivity contribution is 14.1. The lowest BCUT2D eigenvalue weighted by atomic mass is 10.0. The molecule has 1 aliphatic rings. The van der Waals surface area contributed by atoms with Crippen molar-refractivity contribution >= 4 is 28.7 Å². The Kier molecular flexibility index (Phi) is 6.16. The van der Waals surface area contributed by atoms with Crippen LogP contribution in [0.5, 0.6) is 0 Å². The molecule has 0 bridgehead atoms. The summed E-state index contributed by atoms with van der Waals surface area (Å²) in [6.07, 6.45) is 5.38. The van der Waals surface area contributed by atoms with Gasteiger partial charge in [0.05, 0.1) is 0 Å². The van der Waals surface area contributed by atoms with Gasteiger partial charge in [0, 0.05) is 41.9 Å². The molecule has 0 radical (unpaired) electrons. The van der Waals surface area contributed by atoms with Gasteiger partial charge in [0.1, 0.15) is 5.60 Å². The Hall–Kier alpha value is -1.26. The van der Waals surface area contributed by atoms with Crippen LogP contribution in [0.25, 0.3) is 0 Å². The maximum absolute atomic E-state index is 12.1. The van der Waals surface area contributed by atoms with E-state index in [1.54, 1.807) is 4.90 Å².